The molecule has 0 unspecified atom stereocenters. The Labute approximate surface area is 147 Å². The van der Waals surface area contributed by atoms with Gasteiger partial charge in [0.25, 0.3) is 0 Å². The van der Waals surface area contributed by atoms with Crippen molar-refractivity contribution in [1.29, 1.82) is 0 Å². The summed E-state index contributed by atoms with van der Waals surface area (Å²) in [5, 5.41) is 0. The fourth-order valence-electron chi connectivity index (χ4n) is 2.57. The Hall–Kier alpha value is -1.26. The molecule has 0 aliphatic rings. The highest BCUT2D eigenvalue weighted by Crippen LogP contribution is 2.36. The average Bonchev–Trinajstić information content (AvgIpc) is 2.53. The molecule has 2 aromatic carbocycles. The van der Waals surface area contributed by atoms with Crippen LogP contribution >= 0.6 is 31.9 Å². The van der Waals surface area contributed by atoms with Gasteiger partial charge in [0, 0.05) is 0 Å². The molecular formula is C18H16Br2O2. The standard InChI is InChI=1S/C18H16Br2O2/c19-16(21)18(17(20)22,15-11-5-2-6-12-15)13-7-10-14-8-3-1-4-9-14/h1-6,8-9,11-12H,7,10,13H2. The van der Waals surface area contributed by atoms with Crippen LogP contribution in [-0.2, 0) is 21.4 Å². The number of halogens is 2. The Morgan fingerprint density at radius 2 is 1.32 bits per heavy atom. The van der Waals surface area contributed by atoms with Gasteiger partial charge in [0.1, 0.15) is 5.41 Å². The van der Waals surface area contributed by atoms with Crippen molar-refractivity contribution in [3.05, 3.63) is 71.8 Å². The summed E-state index contributed by atoms with van der Waals surface area (Å²) in [6.07, 6.45) is 2.03. The van der Waals surface area contributed by atoms with Crippen molar-refractivity contribution in [2.24, 2.45) is 0 Å². The molecule has 0 heterocycles. The van der Waals surface area contributed by atoms with Gasteiger partial charge in [-0.25, -0.2) is 0 Å². The molecular weight excluding hydrogens is 408 g/mol. The topological polar surface area (TPSA) is 34.1 Å². The van der Waals surface area contributed by atoms with E-state index in [-0.39, 0.29) is 9.39 Å². The third-order valence-electron chi connectivity index (χ3n) is 3.80. The van der Waals surface area contributed by atoms with Crippen molar-refractivity contribution in [3.8, 4) is 0 Å². The highest BCUT2D eigenvalue weighted by Gasteiger charge is 2.44. The van der Waals surface area contributed by atoms with Gasteiger partial charge in [-0.15, -0.1) is 0 Å². The van der Waals surface area contributed by atoms with Crippen molar-refractivity contribution in [3.63, 3.8) is 0 Å². The lowest BCUT2D eigenvalue weighted by Crippen LogP contribution is -2.38. The molecule has 0 fully saturated rings. The highest BCUT2D eigenvalue weighted by molar-refractivity contribution is 9.19. The molecule has 0 aliphatic heterocycles. The summed E-state index contributed by atoms with van der Waals surface area (Å²) in [4.78, 5) is 24.4. The summed E-state index contributed by atoms with van der Waals surface area (Å²) >= 11 is 6.06. The lowest BCUT2D eigenvalue weighted by molar-refractivity contribution is -0.125. The van der Waals surface area contributed by atoms with Gasteiger partial charge < -0.3 is 0 Å². The van der Waals surface area contributed by atoms with E-state index in [1.54, 1.807) is 0 Å². The number of carbonyl (C=O) groups is 2. The van der Waals surface area contributed by atoms with Crippen LogP contribution in [0.3, 0.4) is 0 Å². The zero-order valence-electron chi connectivity index (χ0n) is 12.0. The molecule has 2 nitrogen and oxygen atoms in total. The molecule has 0 spiro atoms. The normalized spacial score (nSPS) is 11.2. The Balaban J connectivity index is 2.22. The molecule has 0 bridgehead atoms. The average molecular weight is 424 g/mol. The van der Waals surface area contributed by atoms with Crippen LogP contribution in [0.5, 0.6) is 0 Å². The molecule has 0 aliphatic carbocycles. The zero-order valence-corrected chi connectivity index (χ0v) is 15.1. The summed E-state index contributed by atoms with van der Waals surface area (Å²) < 4.78 is -0.609. The molecule has 22 heavy (non-hydrogen) atoms. The molecule has 0 saturated carbocycles. The minimum atomic E-state index is -1.17. The summed E-state index contributed by atoms with van der Waals surface area (Å²) in [6, 6.07) is 19.3. The first-order valence-corrected chi connectivity index (χ1v) is 8.65. The van der Waals surface area contributed by atoms with E-state index in [9.17, 15) is 9.59 Å². The molecule has 2 rings (SSSR count). The Kier molecular flexibility index (Phi) is 6.09. The summed E-state index contributed by atoms with van der Waals surface area (Å²) in [7, 11) is 0. The Morgan fingerprint density at radius 3 is 1.82 bits per heavy atom. The number of carbonyl (C=O) groups excluding carboxylic acids is 2. The minimum absolute atomic E-state index is 0.305. The summed E-state index contributed by atoms with van der Waals surface area (Å²) in [5.41, 5.74) is 0.746. The van der Waals surface area contributed by atoms with E-state index >= 15 is 0 Å². The van der Waals surface area contributed by atoms with E-state index in [0.29, 0.717) is 12.0 Å². The monoisotopic (exact) mass is 422 g/mol. The largest absolute Gasteiger partial charge is 0.285 e. The maximum atomic E-state index is 12.2. The van der Waals surface area contributed by atoms with E-state index in [1.165, 1.54) is 5.56 Å². The SMILES string of the molecule is O=C(Br)C(CCCc1ccccc1)(C(=O)Br)c1ccccc1. The Bertz CT molecular complexity index is 625. The second-order valence-corrected chi connectivity index (χ2v) is 6.60. The van der Waals surface area contributed by atoms with Gasteiger partial charge in [0.05, 0.1) is 0 Å². The second-order valence-electron chi connectivity index (χ2n) is 5.16. The number of hydrogen-bond donors (Lipinski definition) is 0. The molecule has 0 amide bonds. The number of rotatable bonds is 7. The van der Waals surface area contributed by atoms with Gasteiger partial charge in [-0.3, -0.25) is 9.59 Å². The smallest absolute Gasteiger partial charge is 0.216 e. The van der Waals surface area contributed by atoms with Crippen molar-refractivity contribution in [1.82, 2.24) is 0 Å². The third kappa shape index (κ3) is 3.73. The van der Waals surface area contributed by atoms with E-state index in [1.807, 2.05) is 48.5 Å². The molecule has 4 heteroatoms. The van der Waals surface area contributed by atoms with Gasteiger partial charge in [0.2, 0.25) is 9.39 Å². The van der Waals surface area contributed by atoms with Crippen molar-refractivity contribution >= 4 is 41.2 Å². The van der Waals surface area contributed by atoms with Gasteiger partial charge >= 0.3 is 0 Å². The van der Waals surface area contributed by atoms with Crippen LogP contribution in [0.25, 0.3) is 0 Å². The van der Waals surface area contributed by atoms with E-state index in [0.717, 1.165) is 12.8 Å². The van der Waals surface area contributed by atoms with Crippen LogP contribution in [-0.4, -0.2) is 9.39 Å². The van der Waals surface area contributed by atoms with Crippen LogP contribution in [0, 0.1) is 0 Å². The molecule has 2 aromatic rings. The van der Waals surface area contributed by atoms with Crippen LogP contribution in [0.15, 0.2) is 60.7 Å². The molecule has 0 radical (unpaired) electrons. The molecule has 0 atom stereocenters. The Morgan fingerprint density at radius 1 is 0.818 bits per heavy atom. The minimum Gasteiger partial charge on any atom is -0.285 e. The number of hydrogen-bond acceptors (Lipinski definition) is 2. The van der Waals surface area contributed by atoms with Gasteiger partial charge in [0.15, 0.2) is 0 Å². The molecule has 114 valence electrons. The van der Waals surface area contributed by atoms with Crippen LogP contribution in [0.4, 0.5) is 0 Å². The van der Waals surface area contributed by atoms with Crippen molar-refractivity contribution < 1.29 is 9.59 Å². The highest BCUT2D eigenvalue weighted by atomic mass is 79.9. The molecule has 0 N–H and O–H groups in total. The fourth-order valence-corrected chi connectivity index (χ4v) is 4.05. The van der Waals surface area contributed by atoms with Gasteiger partial charge in [-0.05, 0) is 62.2 Å². The second kappa shape index (κ2) is 7.84. The van der Waals surface area contributed by atoms with Gasteiger partial charge in [-0.1, -0.05) is 60.7 Å². The quantitative estimate of drug-likeness (QED) is 0.473. The first kappa shape index (κ1) is 17.1. The van der Waals surface area contributed by atoms with Crippen molar-refractivity contribution in [2.75, 3.05) is 0 Å². The maximum absolute atomic E-state index is 12.2. The first-order chi connectivity index (χ1) is 10.6. The molecule has 0 aromatic heterocycles. The fraction of sp³-hybridized carbons (Fsp3) is 0.222. The maximum Gasteiger partial charge on any atom is 0.216 e. The lowest BCUT2D eigenvalue weighted by Gasteiger charge is -2.27. The molecule has 0 saturated heterocycles. The van der Waals surface area contributed by atoms with Crippen LogP contribution < -0.4 is 0 Å². The van der Waals surface area contributed by atoms with Crippen LogP contribution in [0.2, 0.25) is 0 Å². The summed E-state index contributed by atoms with van der Waals surface area (Å²) in [6.45, 7) is 0. The van der Waals surface area contributed by atoms with E-state index < -0.39 is 5.41 Å². The zero-order chi connectivity index (χ0) is 16.0. The van der Waals surface area contributed by atoms with Crippen LogP contribution in [0.1, 0.15) is 24.0 Å². The lowest BCUT2D eigenvalue weighted by atomic mass is 9.78. The number of benzene rings is 2. The van der Waals surface area contributed by atoms with E-state index in [2.05, 4.69) is 44.0 Å². The first-order valence-electron chi connectivity index (χ1n) is 7.06. The van der Waals surface area contributed by atoms with E-state index in [4.69, 9.17) is 0 Å². The summed E-state index contributed by atoms with van der Waals surface area (Å²) in [5.74, 6) is 0. The van der Waals surface area contributed by atoms with Gasteiger partial charge in [-0.2, -0.15) is 0 Å². The number of aryl methyl sites for hydroxylation is 1. The predicted molar refractivity (Wildman–Crippen MR) is 95.4 cm³/mol. The third-order valence-corrected chi connectivity index (χ3v) is 5.15. The predicted octanol–water partition coefficient (Wildman–Crippen LogP) is 4.79. The van der Waals surface area contributed by atoms with Crippen molar-refractivity contribution in [2.45, 2.75) is 24.7 Å².